The summed E-state index contributed by atoms with van der Waals surface area (Å²) < 4.78 is 36.0. The number of likely N-dealkylation sites (tertiary alicyclic amines) is 1. The van der Waals surface area contributed by atoms with E-state index in [0.29, 0.717) is 18.5 Å². The number of hydrogen-bond donors (Lipinski definition) is 1. The van der Waals surface area contributed by atoms with E-state index in [-0.39, 0.29) is 6.42 Å². The Balaban J connectivity index is 1.68. The maximum Gasteiger partial charge on any atom is 0.389 e. The fraction of sp³-hybridized carbons (Fsp3) is 1.00. The molecule has 0 bridgehead atoms. The van der Waals surface area contributed by atoms with Gasteiger partial charge in [0, 0.05) is 25.6 Å². The molecule has 2 saturated heterocycles. The highest BCUT2D eigenvalue weighted by Crippen LogP contribution is 2.26. The van der Waals surface area contributed by atoms with Crippen LogP contribution in [0.25, 0.3) is 0 Å². The van der Waals surface area contributed by atoms with Crippen LogP contribution in [0.15, 0.2) is 0 Å². The predicted octanol–water partition coefficient (Wildman–Crippen LogP) is 2.01. The number of piperidine rings is 1. The monoisotopic (exact) mass is 236 g/mol. The number of fused-ring (bicyclic) bond motifs is 1. The second-order valence-corrected chi connectivity index (χ2v) is 4.94. The summed E-state index contributed by atoms with van der Waals surface area (Å²) in [6, 6.07) is 0.527. The first-order chi connectivity index (χ1) is 7.54. The first kappa shape index (κ1) is 12.2. The quantitative estimate of drug-likeness (QED) is 0.806. The highest BCUT2D eigenvalue weighted by Gasteiger charge is 2.34. The summed E-state index contributed by atoms with van der Waals surface area (Å²) in [6.45, 7) is 3.57. The zero-order valence-corrected chi connectivity index (χ0v) is 9.39. The Morgan fingerprint density at radius 3 is 2.75 bits per heavy atom. The molecule has 2 fully saturated rings. The molecule has 2 aliphatic heterocycles. The summed E-state index contributed by atoms with van der Waals surface area (Å²) in [6.07, 6.45) is -1.97. The standard InChI is InChI=1S/C11H19F3N2/c12-11(13,14)4-2-6-16-7-9-3-1-5-15-10(9)8-16/h9-10,15H,1-8H2. The van der Waals surface area contributed by atoms with Gasteiger partial charge in [-0.25, -0.2) is 0 Å². The molecule has 2 rings (SSSR count). The minimum Gasteiger partial charge on any atom is -0.312 e. The molecular weight excluding hydrogens is 217 g/mol. The highest BCUT2D eigenvalue weighted by atomic mass is 19.4. The van der Waals surface area contributed by atoms with Crippen molar-refractivity contribution in [2.24, 2.45) is 5.92 Å². The smallest absolute Gasteiger partial charge is 0.312 e. The molecule has 2 atom stereocenters. The van der Waals surface area contributed by atoms with Crippen molar-refractivity contribution in [2.45, 2.75) is 37.9 Å². The predicted molar refractivity (Wildman–Crippen MR) is 56.2 cm³/mol. The molecular formula is C11H19F3N2. The van der Waals surface area contributed by atoms with E-state index in [1.54, 1.807) is 0 Å². The molecule has 2 aliphatic rings. The van der Waals surface area contributed by atoms with E-state index < -0.39 is 12.6 Å². The first-order valence-corrected chi connectivity index (χ1v) is 6.07. The van der Waals surface area contributed by atoms with Crippen molar-refractivity contribution in [3.8, 4) is 0 Å². The molecule has 0 aliphatic carbocycles. The normalized spacial score (nSPS) is 31.7. The van der Waals surface area contributed by atoms with E-state index in [0.717, 1.165) is 19.6 Å². The van der Waals surface area contributed by atoms with Gasteiger partial charge in [0.1, 0.15) is 0 Å². The third-order valence-corrected chi connectivity index (χ3v) is 3.61. The zero-order chi connectivity index (χ0) is 11.6. The van der Waals surface area contributed by atoms with Crippen molar-refractivity contribution in [1.29, 1.82) is 0 Å². The lowest BCUT2D eigenvalue weighted by Gasteiger charge is -2.24. The Morgan fingerprint density at radius 1 is 1.25 bits per heavy atom. The van der Waals surface area contributed by atoms with E-state index in [2.05, 4.69) is 10.2 Å². The molecule has 1 N–H and O–H groups in total. The first-order valence-electron chi connectivity index (χ1n) is 6.07. The summed E-state index contributed by atoms with van der Waals surface area (Å²) >= 11 is 0. The lowest BCUT2D eigenvalue weighted by atomic mass is 9.94. The average Bonchev–Trinajstić information content (AvgIpc) is 2.57. The van der Waals surface area contributed by atoms with Crippen LogP contribution in [0.3, 0.4) is 0 Å². The van der Waals surface area contributed by atoms with Gasteiger partial charge in [-0.3, -0.25) is 0 Å². The van der Waals surface area contributed by atoms with Crippen LogP contribution in [0, 0.1) is 5.92 Å². The van der Waals surface area contributed by atoms with E-state index in [9.17, 15) is 13.2 Å². The topological polar surface area (TPSA) is 15.3 Å². The van der Waals surface area contributed by atoms with Gasteiger partial charge in [-0.15, -0.1) is 0 Å². The van der Waals surface area contributed by atoms with Crippen molar-refractivity contribution in [2.75, 3.05) is 26.2 Å². The van der Waals surface area contributed by atoms with Gasteiger partial charge in [-0.2, -0.15) is 13.2 Å². The van der Waals surface area contributed by atoms with Gasteiger partial charge in [0.2, 0.25) is 0 Å². The molecule has 16 heavy (non-hydrogen) atoms. The summed E-state index contributed by atoms with van der Waals surface area (Å²) in [7, 11) is 0. The van der Waals surface area contributed by atoms with E-state index in [1.165, 1.54) is 12.8 Å². The molecule has 0 amide bonds. The SMILES string of the molecule is FC(F)(F)CCCN1CC2CCCNC2C1. The number of nitrogens with zero attached hydrogens (tertiary/aromatic N) is 1. The van der Waals surface area contributed by atoms with Crippen LogP contribution in [-0.2, 0) is 0 Å². The molecule has 0 radical (unpaired) electrons. The van der Waals surface area contributed by atoms with Gasteiger partial charge in [0.05, 0.1) is 0 Å². The molecule has 2 heterocycles. The fourth-order valence-corrected chi connectivity index (χ4v) is 2.82. The lowest BCUT2D eigenvalue weighted by molar-refractivity contribution is -0.136. The summed E-state index contributed by atoms with van der Waals surface area (Å²) in [5, 5.41) is 3.45. The van der Waals surface area contributed by atoms with Gasteiger partial charge in [0.15, 0.2) is 0 Å². The Hall–Kier alpha value is -0.290. The van der Waals surface area contributed by atoms with Gasteiger partial charge in [-0.05, 0) is 38.3 Å². The van der Waals surface area contributed by atoms with Crippen LogP contribution in [0.5, 0.6) is 0 Å². The van der Waals surface area contributed by atoms with Crippen LogP contribution in [0.4, 0.5) is 13.2 Å². The molecule has 0 saturated carbocycles. The van der Waals surface area contributed by atoms with Crippen molar-refractivity contribution in [3.63, 3.8) is 0 Å². The van der Waals surface area contributed by atoms with Crippen molar-refractivity contribution >= 4 is 0 Å². The van der Waals surface area contributed by atoms with Crippen LogP contribution >= 0.6 is 0 Å². The van der Waals surface area contributed by atoms with Crippen molar-refractivity contribution < 1.29 is 13.2 Å². The van der Waals surface area contributed by atoms with Crippen LogP contribution in [0.2, 0.25) is 0 Å². The fourth-order valence-electron chi connectivity index (χ4n) is 2.82. The molecule has 2 unspecified atom stereocenters. The van der Waals surface area contributed by atoms with Gasteiger partial charge < -0.3 is 10.2 Å². The molecule has 0 aromatic rings. The highest BCUT2D eigenvalue weighted by molar-refractivity contribution is 4.91. The minimum absolute atomic E-state index is 0.239. The largest absolute Gasteiger partial charge is 0.389 e. The lowest BCUT2D eigenvalue weighted by Crippen LogP contribution is -2.40. The van der Waals surface area contributed by atoms with Gasteiger partial charge in [0.25, 0.3) is 0 Å². The van der Waals surface area contributed by atoms with Crippen LogP contribution in [0.1, 0.15) is 25.7 Å². The number of alkyl halides is 3. The summed E-state index contributed by atoms with van der Waals surface area (Å²) in [5.41, 5.74) is 0. The molecule has 0 spiro atoms. The van der Waals surface area contributed by atoms with Crippen LogP contribution in [-0.4, -0.2) is 43.3 Å². The maximum atomic E-state index is 12.0. The maximum absolute atomic E-state index is 12.0. The Labute approximate surface area is 94.2 Å². The number of hydrogen-bond acceptors (Lipinski definition) is 2. The van der Waals surface area contributed by atoms with E-state index in [4.69, 9.17) is 0 Å². The van der Waals surface area contributed by atoms with Gasteiger partial charge in [-0.1, -0.05) is 0 Å². The second-order valence-electron chi connectivity index (χ2n) is 4.94. The van der Waals surface area contributed by atoms with Crippen molar-refractivity contribution in [1.82, 2.24) is 10.2 Å². The molecule has 0 aromatic carbocycles. The van der Waals surface area contributed by atoms with Crippen LogP contribution < -0.4 is 5.32 Å². The third-order valence-electron chi connectivity index (χ3n) is 3.61. The number of halogens is 3. The Bertz CT molecular complexity index is 216. The third kappa shape index (κ3) is 3.35. The molecule has 5 heteroatoms. The summed E-state index contributed by atoms with van der Waals surface area (Å²) in [4.78, 5) is 2.18. The molecule has 2 nitrogen and oxygen atoms in total. The number of nitrogens with one attached hydrogen (secondary N) is 1. The summed E-state index contributed by atoms with van der Waals surface area (Å²) in [5.74, 6) is 0.666. The van der Waals surface area contributed by atoms with Crippen molar-refractivity contribution in [3.05, 3.63) is 0 Å². The zero-order valence-electron chi connectivity index (χ0n) is 9.39. The van der Waals surface area contributed by atoms with E-state index >= 15 is 0 Å². The molecule has 0 aromatic heterocycles. The number of rotatable bonds is 3. The average molecular weight is 236 g/mol. The Kier molecular flexibility index (Phi) is 3.74. The molecule has 94 valence electrons. The Morgan fingerprint density at radius 2 is 2.06 bits per heavy atom. The minimum atomic E-state index is -4.00. The van der Waals surface area contributed by atoms with E-state index in [1.807, 2.05) is 0 Å². The van der Waals surface area contributed by atoms with Gasteiger partial charge >= 0.3 is 6.18 Å². The second kappa shape index (κ2) is 4.92.